The van der Waals surface area contributed by atoms with Gasteiger partial charge in [-0.2, -0.15) is 0 Å². The Hall–Kier alpha value is -1.61. The van der Waals surface area contributed by atoms with Gasteiger partial charge in [-0.05, 0) is 12.1 Å². The summed E-state index contributed by atoms with van der Waals surface area (Å²) in [6.45, 7) is 0. The summed E-state index contributed by atoms with van der Waals surface area (Å²) < 4.78 is 0. The number of aromatic nitrogens is 1. The van der Waals surface area contributed by atoms with E-state index >= 15 is 0 Å². The summed E-state index contributed by atoms with van der Waals surface area (Å²) in [6, 6.07) is 13.4. The molecule has 67 valence electrons. The molecule has 2 nitrogen and oxygen atoms in total. The molecule has 14 heavy (non-hydrogen) atoms. The molecule has 0 saturated heterocycles. The standard InChI is InChI=1S/C11H9BNO/c14-12-10-6-4-9(5-7-10)11-3-1-2-8-13-11/h1-8,14H. The van der Waals surface area contributed by atoms with Crippen LogP contribution in [0.4, 0.5) is 0 Å². The van der Waals surface area contributed by atoms with Crippen LogP contribution >= 0.6 is 0 Å². The lowest BCUT2D eigenvalue weighted by molar-refractivity contribution is 0.615. The SMILES string of the molecule is O[B]c1ccc(-c2ccccn2)cc1. The lowest BCUT2D eigenvalue weighted by Crippen LogP contribution is -2.11. The molecule has 2 aromatic rings. The highest BCUT2D eigenvalue weighted by Gasteiger charge is 1.98. The van der Waals surface area contributed by atoms with Crippen molar-refractivity contribution < 1.29 is 5.02 Å². The molecule has 1 heterocycles. The maximum Gasteiger partial charge on any atom is 0.326 e. The number of rotatable bonds is 2. The summed E-state index contributed by atoms with van der Waals surface area (Å²) in [6.07, 6.45) is 1.77. The molecule has 2 rings (SSSR count). The monoisotopic (exact) mass is 182 g/mol. The molecule has 0 aliphatic rings. The van der Waals surface area contributed by atoms with E-state index in [-0.39, 0.29) is 0 Å². The third-order valence-electron chi connectivity index (χ3n) is 2.02. The number of pyridine rings is 1. The maximum atomic E-state index is 8.76. The molecule has 1 N–H and O–H groups in total. The van der Waals surface area contributed by atoms with E-state index in [0.717, 1.165) is 24.2 Å². The van der Waals surface area contributed by atoms with Crippen LogP contribution in [-0.2, 0) is 0 Å². The first-order chi connectivity index (χ1) is 6.90. The van der Waals surface area contributed by atoms with Crippen molar-refractivity contribution in [2.45, 2.75) is 0 Å². The molecule has 1 aromatic heterocycles. The van der Waals surface area contributed by atoms with Crippen LogP contribution in [0, 0.1) is 0 Å². The molecule has 0 aliphatic heterocycles. The molecule has 0 atom stereocenters. The molecule has 1 radical (unpaired) electrons. The third kappa shape index (κ3) is 1.83. The van der Waals surface area contributed by atoms with Gasteiger partial charge in [0, 0.05) is 11.8 Å². The van der Waals surface area contributed by atoms with Gasteiger partial charge in [-0.3, -0.25) is 4.98 Å². The Morgan fingerprint density at radius 2 is 1.79 bits per heavy atom. The van der Waals surface area contributed by atoms with E-state index in [1.807, 2.05) is 42.5 Å². The van der Waals surface area contributed by atoms with Gasteiger partial charge in [0.25, 0.3) is 0 Å². The van der Waals surface area contributed by atoms with Crippen molar-refractivity contribution in [1.29, 1.82) is 0 Å². The minimum atomic E-state index is 0.796. The van der Waals surface area contributed by atoms with Crippen LogP contribution in [0.2, 0.25) is 0 Å². The summed E-state index contributed by atoms with van der Waals surface area (Å²) in [5, 5.41) is 8.76. The largest absolute Gasteiger partial charge is 0.450 e. The Morgan fingerprint density at radius 3 is 2.36 bits per heavy atom. The minimum absolute atomic E-state index is 0.796. The van der Waals surface area contributed by atoms with Crippen LogP contribution in [0.5, 0.6) is 0 Å². The maximum absolute atomic E-state index is 8.76. The molecule has 0 spiro atoms. The van der Waals surface area contributed by atoms with Gasteiger partial charge in [-0.15, -0.1) is 0 Å². The average Bonchev–Trinajstić information content (AvgIpc) is 2.30. The van der Waals surface area contributed by atoms with Gasteiger partial charge in [0.2, 0.25) is 0 Å². The number of hydrogen-bond acceptors (Lipinski definition) is 2. The fourth-order valence-corrected chi connectivity index (χ4v) is 1.27. The first-order valence-electron chi connectivity index (χ1n) is 4.39. The Balaban J connectivity index is 2.34. The van der Waals surface area contributed by atoms with Crippen LogP contribution in [-0.4, -0.2) is 17.5 Å². The first kappa shape index (κ1) is 8.97. The molecule has 0 aliphatic carbocycles. The van der Waals surface area contributed by atoms with Crippen LogP contribution < -0.4 is 5.46 Å². The molecule has 0 fully saturated rings. The summed E-state index contributed by atoms with van der Waals surface area (Å²) >= 11 is 0. The van der Waals surface area contributed by atoms with Crippen LogP contribution in [0.3, 0.4) is 0 Å². The van der Waals surface area contributed by atoms with E-state index in [4.69, 9.17) is 5.02 Å². The van der Waals surface area contributed by atoms with Crippen LogP contribution in [0.15, 0.2) is 48.7 Å². The van der Waals surface area contributed by atoms with Crippen molar-refractivity contribution in [2.24, 2.45) is 0 Å². The minimum Gasteiger partial charge on any atom is -0.450 e. The fourth-order valence-electron chi connectivity index (χ4n) is 1.27. The van der Waals surface area contributed by atoms with Crippen molar-refractivity contribution in [3.8, 4) is 11.3 Å². The van der Waals surface area contributed by atoms with Gasteiger partial charge in [-0.1, -0.05) is 35.8 Å². The first-order valence-corrected chi connectivity index (χ1v) is 4.39. The van der Waals surface area contributed by atoms with Crippen molar-refractivity contribution in [3.05, 3.63) is 48.7 Å². The summed E-state index contributed by atoms with van der Waals surface area (Å²) in [5.74, 6) is 0. The zero-order chi connectivity index (χ0) is 9.80. The Labute approximate surface area is 83.5 Å². The van der Waals surface area contributed by atoms with Gasteiger partial charge < -0.3 is 5.02 Å². The normalized spacial score (nSPS) is 9.79. The third-order valence-corrected chi connectivity index (χ3v) is 2.02. The van der Waals surface area contributed by atoms with Crippen LogP contribution in [0.1, 0.15) is 0 Å². The van der Waals surface area contributed by atoms with Gasteiger partial charge in [0.15, 0.2) is 0 Å². The highest BCUT2D eigenvalue weighted by Crippen LogP contribution is 2.13. The Morgan fingerprint density at radius 1 is 1.00 bits per heavy atom. The number of nitrogens with zero attached hydrogens (tertiary/aromatic N) is 1. The Kier molecular flexibility index (Phi) is 2.61. The lowest BCUT2D eigenvalue weighted by Gasteiger charge is -2.00. The molecule has 0 amide bonds. The predicted molar refractivity (Wildman–Crippen MR) is 57.3 cm³/mol. The van der Waals surface area contributed by atoms with Crippen molar-refractivity contribution >= 4 is 12.9 Å². The molecular weight excluding hydrogens is 173 g/mol. The molecular formula is C11H9BNO. The zero-order valence-electron chi connectivity index (χ0n) is 7.59. The topological polar surface area (TPSA) is 33.1 Å². The van der Waals surface area contributed by atoms with E-state index in [1.54, 1.807) is 6.20 Å². The lowest BCUT2D eigenvalue weighted by atomic mass is 9.88. The highest BCUT2D eigenvalue weighted by molar-refractivity contribution is 6.45. The second-order valence-corrected chi connectivity index (χ2v) is 2.97. The fraction of sp³-hybridized carbons (Fsp3) is 0. The van der Waals surface area contributed by atoms with Gasteiger partial charge >= 0.3 is 7.48 Å². The molecule has 0 unspecified atom stereocenters. The van der Waals surface area contributed by atoms with Gasteiger partial charge in [0.05, 0.1) is 5.69 Å². The number of benzene rings is 1. The second-order valence-electron chi connectivity index (χ2n) is 2.97. The highest BCUT2D eigenvalue weighted by atomic mass is 16.2. The van der Waals surface area contributed by atoms with Crippen LogP contribution in [0.25, 0.3) is 11.3 Å². The van der Waals surface area contributed by atoms with E-state index in [1.165, 1.54) is 0 Å². The summed E-state index contributed by atoms with van der Waals surface area (Å²) in [4.78, 5) is 4.23. The predicted octanol–water partition coefficient (Wildman–Crippen LogP) is 0.985. The molecule has 3 heteroatoms. The molecule has 0 bridgehead atoms. The van der Waals surface area contributed by atoms with Crippen molar-refractivity contribution in [2.75, 3.05) is 0 Å². The van der Waals surface area contributed by atoms with E-state index < -0.39 is 0 Å². The number of hydrogen-bond donors (Lipinski definition) is 1. The quantitative estimate of drug-likeness (QED) is 0.702. The summed E-state index contributed by atoms with van der Waals surface area (Å²) in [5.41, 5.74) is 2.79. The van der Waals surface area contributed by atoms with Gasteiger partial charge in [0.1, 0.15) is 0 Å². The summed E-state index contributed by atoms with van der Waals surface area (Å²) in [7, 11) is 1.09. The van der Waals surface area contributed by atoms with E-state index in [2.05, 4.69) is 4.98 Å². The average molecular weight is 182 g/mol. The van der Waals surface area contributed by atoms with Crippen molar-refractivity contribution in [1.82, 2.24) is 4.98 Å². The van der Waals surface area contributed by atoms with Gasteiger partial charge in [-0.25, -0.2) is 0 Å². The zero-order valence-corrected chi connectivity index (χ0v) is 7.59. The second kappa shape index (κ2) is 4.07. The molecule has 1 aromatic carbocycles. The smallest absolute Gasteiger partial charge is 0.326 e. The van der Waals surface area contributed by atoms with E-state index in [9.17, 15) is 0 Å². The molecule has 0 saturated carbocycles. The van der Waals surface area contributed by atoms with E-state index in [0.29, 0.717) is 0 Å². The van der Waals surface area contributed by atoms with Crippen molar-refractivity contribution in [3.63, 3.8) is 0 Å². The Bertz CT molecular complexity index is 399.